The highest BCUT2D eigenvalue weighted by atomic mass is 35.5. The topological polar surface area (TPSA) is 90.1 Å². The lowest BCUT2D eigenvalue weighted by molar-refractivity contribution is -0.137. The molecule has 2 aromatic carbocycles. The van der Waals surface area contributed by atoms with Gasteiger partial charge in [0.15, 0.2) is 5.82 Å². The number of hydrogen-bond donors (Lipinski definition) is 2. The maximum Gasteiger partial charge on any atom is 0.416 e. The summed E-state index contributed by atoms with van der Waals surface area (Å²) in [4.78, 5) is 21.5. The van der Waals surface area contributed by atoms with E-state index in [-0.39, 0.29) is 12.2 Å². The van der Waals surface area contributed by atoms with Gasteiger partial charge in [0.25, 0.3) is 5.91 Å². The van der Waals surface area contributed by atoms with E-state index in [1.54, 1.807) is 25.1 Å². The fourth-order valence-electron chi connectivity index (χ4n) is 3.96. The summed E-state index contributed by atoms with van der Waals surface area (Å²) < 4.78 is 45.0. The third kappa shape index (κ3) is 5.75. The van der Waals surface area contributed by atoms with Crippen LogP contribution in [0.1, 0.15) is 52.4 Å². The van der Waals surface area contributed by atoms with Gasteiger partial charge in [-0.25, -0.2) is 9.97 Å². The van der Waals surface area contributed by atoms with Gasteiger partial charge in [-0.3, -0.25) is 4.79 Å². The Morgan fingerprint density at radius 3 is 2.69 bits per heavy atom. The van der Waals surface area contributed by atoms with Crippen molar-refractivity contribution in [1.82, 2.24) is 15.3 Å². The number of aromatic nitrogens is 2. The van der Waals surface area contributed by atoms with Crippen LogP contribution in [-0.2, 0) is 17.5 Å². The molecule has 3 aromatic rings. The van der Waals surface area contributed by atoms with Crippen molar-refractivity contribution in [2.24, 2.45) is 5.73 Å². The first-order chi connectivity index (χ1) is 17.2. The molecule has 0 bridgehead atoms. The Morgan fingerprint density at radius 1 is 1.22 bits per heavy atom. The number of benzene rings is 2. The molecule has 6 nitrogen and oxygen atoms in total. The third-order valence-electron chi connectivity index (χ3n) is 5.92. The van der Waals surface area contributed by atoms with Gasteiger partial charge in [0.05, 0.1) is 24.8 Å². The highest BCUT2D eigenvalue weighted by Gasteiger charge is 2.31. The molecular formula is C26H24ClF3N4O2. The average molecular weight is 517 g/mol. The van der Waals surface area contributed by atoms with Crippen LogP contribution in [0.2, 0.25) is 5.02 Å². The van der Waals surface area contributed by atoms with E-state index in [4.69, 9.17) is 22.1 Å². The molecule has 0 fully saturated rings. The van der Waals surface area contributed by atoms with E-state index in [0.29, 0.717) is 52.7 Å². The minimum Gasteiger partial charge on any atom is -0.377 e. The van der Waals surface area contributed by atoms with Gasteiger partial charge in [0, 0.05) is 17.8 Å². The zero-order valence-corrected chi connectivity index (χ0v) is 20.2. The van der Waals surface area contributed by atoms with Gasteiger partial charge in [-0.05, 0) is 65.4 Å². The smallest absolute Gasteiger partial charge is 0.377 e. The van der Waals surface area contributed by atoms with Crippen LogP contribution in [0, 0.1) is 0 Å². The Bertz CT molecular complexity index is 1310. The number of ether oxygens (including phenoxy) is 1. The minimum absolute atomic E-state index is 0.0736. The lowest BCUT2D eigenvalue weighted by Crippen LogP contribution is -2.28. The molecular weight excluding hydrogens is 493 g/mol. The van der Waals surface area contributed by atoms with Crippen LogP contribution in [0.5, 0.6) is 0 Å². The number of carbonyl (C=O) groups excluding carboxylic acids is 1. The number of alkyl halides is 3. The van der Waals surface area contributed by atoms with Gasteiger partial charge in [0.2, 0.25) is 0 Å². The molecule has 1 aliphatic heterocycles. The van der Waals surface area contributed by atoms with E-state index in [1.165, 1.54) is 18.3 Å². The normalized spacial score (nSPS) is 14.8. The Balaban J connectivity index is 1.55. The monoisotopic (exact) mass is 516 g/mol. The fourth-order valence-corrected chi connectivity index (χ4v) is 4.31. The van der Waals surface area contributed by atoms with E-state index in [2.05, 4.69) is 15.3 Å². The minimum atomic E-state index is -4.48. The predicted molar refractivity (Wildman–Crippen MR) is 131 cm³/mol. The third-order valence-corrected chi connectivity index (χ3v) is 6.25. The molecule has 10 heteroatoms. The maximum absolute atomic E-state index is 13.2. The van der Waals surface area contributed by atoms with Gasteiger partial charge in [0.1, 0.15) is 5.69 Å². The van der Waals surface area contributed by atoms with Crippen molar-refractivity contribution in [2.45, 2.75) is 32.1 Å². The molecule has 1 aliphatic rings. The lowest BCUT2D eigenvalue weighted by Gasteiger charge is -2.18. The molecule has 0 aliphatic carbocycles. The van der Waals surface area contributed by atoms with Crippen LogP contribution >= 0.6 is 11.6 Å². The molecule has 2 heterocycles. The molecule has 1 amide bonds. The molecule has 1 aromatic heterocycles. The van der Waals surface area contributed by atoms with Crippen molar-refractivity contribution >= 4 is 23.1 Å². The Kier molecular flexibility index (Phi) is 7.73. The van der Waals surface area contributed by atoms with Crippen LogP contribution < -0.4 is 11.1 Å². The van der Waals surface area contributed by atoms with Crippen LogP contribution in [-0.4, -0.2) is 29.1 Å². The van der Waals surface area contributed by atoms with Gasteiger partial charge in [-0.2, -0.15) is 13.2 Å². The van der Waals surface area contributed by atoms with E-state index < -0.39 is 23.7 Å². The van der Waals surface area contributed by atoms with E-state index in [9.17, 15) is 18.0 Å². The highest BCUT2D eigenvalue weighted by Crippen LogP contribution is 2.36. The molecule has 36 heavy (non-hydrogen) atoms. The number of carbonyl (C=O) groups is 1. The number of hydrogen-bond acceptors (Lipinski definition) is 5. The molecule has 0 saturated carbocycles. The number of nitrogens with one attached hydrogen (secondary N) is 1. The molecule has 0 radical (unpaired) electrons. The first-order valence-electron chi connectivity index (χ1n) is 11.3. The quantitative estimate of drug-likeness (QED) is 0.447. The second-order valence-corrected chi connectivity index (χ2v) is 8.73. The predicted octanol–water partition coefficient (Wildman–Crippen LogP) is 5.57. The number of halogens is 4. The van der Waals surface area contributed by atoms with Gasteiger partial charge in [-0.1, -0.05) is 35.9 Å². The van der Waals surface area contributed by atoms with Crippen molar-refractivity contribution < 1.29 is 22.7 Å². The van der Waals surface area contributed by atoms with Crippen LogP contribution in [0.15, 0.2) is 54.7 Å². The zero-order valence-electron chi connectivity index (χ0n) is 19.4. The SMILES string of the molecule is C[C@@H](NC(=O)c1ccnc(C2=CCOCC2)n1)c1ccc(-c2cc(C(F)(F)F)ccc2CN)cc1Cl. The van der Waals surface area contributed by atoms with E-state index >= 15 is 0 Å². The first-order valence-corrected chi connectivity index (χ1v) is 11.7. The summed E-state index contributed by atoms with van der Waals surface area (Å²) >= 11 is 6.51. The van der Waals surface area contributed by atoms with Crippen molar-refractivity contribution in [2.75, 3.05) is 13.2 Å². The molecule has 0 saturated heterocycles. The average Bonchev–Trinajstić information content (AvgIpc) is 2.88. The molecule has 1 atom stereocenters. The van der Waals surface area contributed by atoms with Crippen molar-refractivity contribution in [1.29, 1.82) is 0 Å². The maximum atomic E-state index is 13.2. The molecule has 188 valence electrons. The van der Waals surface area contributed by atoms with Crippen LogP contribution in [0.4, 0.5) is 13.2 Å². The molecule has 0 unspecified atom stereocenters. The first kappa shape index (κ1) is 25.8. The Morgan fingerprint density at radius 2 is 2.03 bits per heavy atom. The van der Waals surface area contributed by atoms with Gasteiger partial charge < -0.3 is 15.8 Å². The molecule has 3 N–H and O–H groups in total. The number of rotatable bonds is 6. The Labute approximate surface area is 211 Å². The van der Waals surface area contributed by atoms with Crippen molar-refractivity contribution in [3.05, 3.63) is 88.0 Å². The summed E-state index contributed by atoms with van der Waals surface area (Å²) in [6.07, 6.45) is -0.386. The summed E-state index contributed by atoms with van der Waals surface area (Å²) in [6, 6.07) is 9.41. The van der Waals surface area contributed by atoms with E-state index in [0.717, 1.165) is 17.7 Å². The van der Waals surface area contributed by atoms with Crippen LogP contribution in [0.25, 0.3) is 16.7 Å². The van der Waals surface area contributed by atoms with Gasteiger partial charge in [-0.15, -0.1) is 0 Å². The summed E-state index contributed by atoms with van der Waals surface area (Å²) in [5.41, 5.74) is 8.14. The fraction of sp³-hybridized carbons (Fsp3) is 0.269. The highest BCUT2D eigenvalue weighted by molar-refractivity contribution is 6.31. The Hall–Kier alpha value is -3.27. The molecule has 4 rings (SSSR count). The second kappa shape index (κ2) is 10.8. The van der Waals surface area contributed by atoms with Gasteiger partial charge >= 0.3 is 6.18 Å². The van der Waals surface area contributed by atoms with Crippen molar-refractivity contribution in [3.63, 3.8) is 0 Å². The van der Waals surface area contributed by atoms with Crippen molar-refractivity contribution in [3.8, 4) is 11.1 Å². The van der Waals surface area contributed by atoms with Crippen LogP contribution in [0.3, 0.4) is 0 Å². The summed E-state index contributed by atoms with van der Waals surface area (Å²) in [6.45, 7) is 2.89. The standard InChI is InChI=1S/C26H24ClF3N4O2/c1-15(33-25(35)23-6-9-32-24(34-23)16-7-10-36-11-8-16)20-5-3-17(12-22(20)27)21-13-19(26(28,29)30)4-2-18(21)14-31/h2-7,9,12-13,15H,8,10-11,14,31H2,1H3,(H,33,35)/t15-/m1/s1. The zero-order chi connectivity index (χ0) is 25.9. The van der Waals surface area contributed by atoms with E-state index in [1.807, 2.05) is 6.08 Å². The second-order valence-electron chi connectivity index (χ2n) is 8.33. The summed E-state index contributed by atoms with van der Waals surface area (Å²) in [5.74, 6) is 0.0834. The largest absolute Gasteiger partial charge is 0.416 e. The number of nitrogens with zero attached hydrogens (tertiary/aromatic N) is 2. The number of nitrogens with two attached hydrogens (primary N) is 1. The lowest BCUT2D eigenvalue weighted by atomic mass is 9.95. The summed E-state index contributed by atoms with van der Waals surface area (Å²) in [7, 11) is 0. The molecule has 0 spiro atoms. The summed E-state index contributed by atoms with van der Waals surface area (Å²) in [5, 5.41) is 3.17. The number of amides is 1.